The lowest BCUT2D eigenvalue weighted by atomic mass is 10.0. The smallest absolute Gasteiger partial charge is 0.305 e. The number of carbonyl (C=O) groups excluding carboxylic acids is 1. The molecule has 0 aliphatic heterocycles. The molecule has 13 heteroatoms. The molecule has 196 valence electrons. The van der Waals surface area contributed by atoms with E-state index in [1.807, 2.05) is 47.2 Å². The summed E-state index contributed by atoms with van der Waals surface area (Å²) in [7, 11) is -2.21. The van der Waals surface area contributed by atoms with Gasteiger partial charge in [0.1, 0.15) is 16.7 Å². The number of nitrogens with one attached hydrogen (secondary N) is 1. The van der Waals surface area contributed by atoms with E-state index < -0.39 is 49.9 Å². The molecule has 0 saturated heterocycles. The third-order valence-corrected chi connectivity index (χ3v) is 7.01. The number of carboxylic acid groups (broad SMARTS) is 1. The molecule has 3 aromatic rings. The van der Waals surface area contributed by atoms with Crippen LogP contribution in [0.1, 0.15) is 12.0 Å². The van der Waals surface area contributed by atoms with E-state index in [-0.39, 0.29) is 12.4 Å². The molecule has 1 unspecified atom stereocenters. The van der Waals surface area contributed by atoms with Crippen LogP contribution in [0.5, 0.6) is 5.75 Å². The molecule has 3 aromatic carbocycles. The van der Waals surface area contributed by atoms with Gasteiger partial charge in [-0.2, -0.15) is 4.72 Å². The van der Waals surface area contributed by atoms with Gasteiger partial charge in [-0.25, -0.2) is 13.5 Å². The number of hydrogen-bond donors (Lipinski definition) is 2. The number of fused-ring (bicyclic) bond motifs is 1. The maximum atomic E-state index is 13.2. The van der Waals surface area contributed by atoms with E-state index in [1.54, 1.807) is 0 Å². The first-order valence-corrected chi connectivity index (χ1v) is 12.5. The van der Waals surface area contributed by atoms with E-state index in [9.17, 15) is 28.1 Å². The summed E-state index contributed by atoms with van der Waals surface area (Å²) < 4.78 is 34.1. The van der Waals surface area contributed by atoms with Gasteiger partial charge in [0.2, 0.25) is 10.0 Å². The van der Waals surface area contributed by atoms with Crippen LogP contribution in [0.15, 0.2) is 65.6 Å². The van der Waals surface area contributed by atoms with Gasteiger partial charge in [0.15, 0.2) is 0 Å². The first-order chi connectivity index (χ1) is 17.5. The number of ether oxygens (including phenoxy) is 1. The fourth-order valence-corrected chi connectivity index (χ4v) is 4.96. The molecular formula is C24H25N3O9S. The minimum Gasteiger partial charge on any atom is -0.492 e. The van der Waals surface area contributed by atoms with Gasteiger partial charge >= 0.3 is 5.97 Å². The summed E-state index contributed by atoms with van der Waals surface area (Å²) in [5.74, 6) is -2.70. The summed E-state index contributed by atoms with van der Waals surface area (Å²) in [6.07, 6.45) is -0.494. The first kappa shape index (κ1) is 27.5. The van der Waals surface area contributed by atoms with Crippen LogP contribution in [-0.4, -0.2) is 62.2 Å². The zero-order valence-corrected chi connectivity index (χ0v) is 20.8. The highest BCUT2D eigenvalue weighted by Crippen LogP contribution is 2.29. The average Bonchev–Trinajstić information content (AvgIpc) is 2.87. The third-order valence-electron chi connectivity index (χ3n) is 5.50. The second kappa shape index (κ2) is 11.8. The van der Waals surface area contributed by atoms with Crippen molar-refractivity contribution in [2.24, 2.45) is 0 Å². The number of nitrogens with zero attached hydrogens (tertiary/aromatic N) is 2. The number of benzene rings is 3. The van der Waals surface area contributed by atoms with Gasteiger partial charge in [0.25, 0.3) is 11.6 Å². The van der Waals surface area contributed by atoms with Gasteiger partial charge in [-0.05, 0) is 22.4 Å². The molecule has 0 spiro atoms. The minimum absolute atomic E-state index is 0.0123. The van der Waals surface area contributed by atoms with Crippen molar-refractivity contribution in [1.82, 2.24) is 9.79 Å². The molecule has 1 amide bonds. The lowest BCUT2D eigenvalue weighted by molar-refractivity contribution is -0.385. The summed E-state index contributed by atoms with van der Waals surface area (Å²) >= 11 is 0. The van der Waals surface area contributed by atoms with Gasteiger partial charge < -0.3 is 9.84 Å². The van der Waals surface area contributed by atoms with E-state index in [4.69, 9.17) is 14.7 Å². The zero-order chi connectivity index (χ0) is 27.2. The number of rotatable bonds is 12. The van der Waals surface area contributed by atoms with Crippen LogP contribution in [0.25, 0.3) is 10.8 Å². The molecule has 12 nitrogen and oxygen atoms in total. The molecule has 1 atom stereocenters. The van der Waals surface area contributed by atoms with E-state index >= 15 is 0 Å². The predicted octanol–water partition coefficient (Wildman–Crippen LogP) is 2.51. The number of sulfonamides is 1. The quantitative estimate of drug-likeness (QED) is 0.264. The monoisotopic (exact) mass is 531 g/mol. The van der Waals surface area contributed by atoms with Crippen LogP contribution >= 0.6 is 0 Å². The molecule has 0 heterocycles. The fraction of sp³-hybridized carbons (Fsp3) is 0.250. The van der Waals surface area contributed by atoms with Crippen LogP contribution in [0, 0.1) is 10.1 Å². The molecule has 0 bridgehead atoms. The second-order valence-electron chi connectivity index (χ2n) is 7.91. The molecule has 0 aromatic heterocycles. The van der Waals surface area contributed by atoms with Crippen molar-refractivity contribution in [3.05, 3.63) is 76.3 Å². The van der Waals surface area contributed by atoms with Gasteiger partial charge in [-0.3, -0.25) is 24.5 Å². The second-order valence-corrected chi connectivity index (χ2v) is 9.60. The van der Waals surface area contributed by atoms with Gasteiger partial charge in [-0.15, -0.1) is 0 Å². The summed E-state index contributed by atoms with van der Waals surface area (Å²) in [5, 5.41) is 23.2. The number of amides is 1. The number of hydroxylamine groups is 2. The van der Waals surface area contributed by atoms with E-state index in [0.29, 0.717) is 11.5 Å². The number of carboxylic acids is 1. The van der Waals surface area contributed by atoms with Crippen LogP contribution < -0.4 is 9.46 Å². The van der Waals surface area contributed by atoms with Crippen LogP contribution in [-0.2, 0) is 30.9 Å². The third kappa shape index (κ3) is 6.78. The molecule has 0 aliphatic carbocycles. The SMILES string of the molecule is CON(C)C(=O)C(CC(=O)O)NS(=O)(=O)c1ccc([N+](=O)[O-])cc1OCCc1cccc2ccccc12. The molecule has 37 heavy (non-hydrogen) atoms. The van der Waals surface area contributed by atoms with Crippen LogP contribution in [0.2, 0.25) is 0 Å². The largest absolute Gasteiger partial charge is 0.492 e. The number of likely N-dealkylation sites (N-methyl/N-ethyl adjacent to an activating group) is 1. The molecule has 0 radical (unpaired) electrons. The Morgan fingerprint density at radius 3 is 2.51 bits per heavy atom. The highest BCUT2D eigenvalue weighted by atomic mass is 32.2. The van der Waals surface area contributed by atoms with Crippen molar-refractivity contribution in [2.45, 2.75) is 23.8 Å². The van der Waals surface area contributed by atoms with Gasteiger partial charge in [0, 0.05) is 19.5 Å². The Bertz CT molecular complexity index is 1420. The summed E-state index contributed by atoms with van der Waals surface area (Å²) in [5.41, 5.74) is 0.525. The Morgan fingerprint density at radius 1 is 1.14 bits per heavy atom. The fourth-order valence-electron chi connectivity index (χ4n) is 3.64. The number of hydrogen-bond acceptors (Lipinski definition) is 8. The molecule has 0 saturated carbocycles. The molecule has 3 rings (SSSR count). The minimum atomic E-state index is -4.56. The Balaban J connectivity index is 1.90. The Morgan fingerprint density at radius 2 is 1.84 bits per heavy atom. The summed E-state index contributed by atoms with van der Waals surface area (Å²) in [6, 6.07) is 14.6. The highest BCUT2D eigenvalue weighted by Gasteiger charge is 2.32. The van der Waals surface area contributed by atoms with Crippen molar-refractivity contribution in [3.8, 4) is 5.75 Å². The number of carbonyl (C=O) groups is 2. The summed E-state index contributed by atoms with van der Waals surface area (Å²) in [4.78, 5) is 38.6. The maximum Gasteiger partial charge on any atom is 0.305 e. The standard InChI is InChI=1S/C24H25N3O9S/c1-26(35-2)24(30)20(15-23(28)29)25-37(33,34)22-11-10-18(27(31)32)14-21(22)36-13-12-17-8-5-7-16-6-3-4-9-19(16)17/h3-11,14,20,25H,12-13,15H2,1-2H3,(H,28,29). The van der Waals surface area contributed by atoms with Crippen molar-refractivity contribution in [3.63, 3.8) is 0 Å². The van der Waals surface area contributed by atoms with Gasteiger partial charge in [-0.1, -0.05) is 42.5 Å². The Labute approximate surface area is 212 Å². The number of aliphatic carboxylic acids is 1. The molecular weight excluding hydrogens is 506 g/mol. The topological polar surface area (TPSA) is 165 Å². The Kier molecular flexibility index (Phi) is 8.76. The van der Waals surface area contributed by atoms with Crippen molar-refractivity contribution in [2.75, 3.05) is 20.8 Å². The molecule has 0 aliphatic rings. The number of nitro benzene ring substituents is 1. The highest BCUT2D eigenvalue weighted by molar-refractivity contribution is 7.89. The lowest BCUT2D eigenvalue weighted by Gasteiger charge is -2.22. The number of non-ortho nitro benzene ring substituents is 1. The average molecular weight is 532 g/mol. The van der Waals surface area contributed by atoms with Crippen LogP contribution in [0.3, 0.4) is 0 Å². The van der Waals surface area contributed by atoms with Gasteiger partial charge in [0.05, 0.1) is 31.1 Å². The zero-order valence-electron chi connectivity index (χ0n) is 20.0. The normalized spacial score (nSPS) is 12.2. The molecule has 2 N–H and O–H groups in total. The van der Waals surface area contributed by atoms with E-state index in [2.05, 4.69) is 0 Å². The predicted molar refractivity (Wildman–Crippen MR) is 132 cm³/mol. The first-order valence-electron chi connectivity index (χ1n) is 11.0. The number of nitro groups is 1. The van der Waals surface area contributed by atoms with Crippen LogP contribution in [0.4, 0.5) is 5.69 Å². The maximum absolute atomic E-state index is 13.2. The van der Waals surface area contributed by atoms with E-state index in [1.165, 1.54) is 7.05 Å². The van der Waals surface area contributed by atoms with Crippen molar-refractivity contribution in [1.29, 1.82) is 0 Å². The van der Waals surface area contributed by atoms with Crippen molar-refractivity contribution >= 4 is 38.4 Å². The Hall–Kier alpha value is -4.07. The van der Waals surface area contributed by atoms with E-state index in [0.717, 1.165) is 41.6 Å². The van der Waals surface area contributed by atoms with Crippen molar-refractivity contribution < 1.29 is 37.6 Å². The lowest BCUT2D eigenvalue weighted by Crippen LogP contribution is -2.48. The summed E-state index contributed by atoms with van der Waals surface area (Å²) in [6.45, 7) is -0.0123. The molecule has 0 fully saturated rings.